The summed E-state index contributed by atoms with van der Waals surface area (Å²) in [4.78, 5) is 11.9. The van der Waals surface area contributed by atoms with Crippen molar-refractivity contribution in [2.45, 2.75) is 11.6 Å². The number of aromatic nitrogens is 3. The molecule has 1 heterocycles. The molecule has 0 aliphatic rings. The maximum Gasteiger partial charge on any atom is 0.258 e. The molecule has 0 saturated carbocycles. The Morgan fingerprint density at radius 1 is 1.28 bits per heavy atom. The lowest BCUT2D eigenvalue weighted by atomic mass is 10.1. The quantitative estimate of drug-likeness (QED) is 0.268. The molecule has 25 heavy (non-hydrogen) atoms. The maximum absolute atomic E-state index is 11.9. The van der Waals surface area contributed by atoms with E-state index in [4.69, 9.17) is 21.2 Å². The van der Waals surface area contributed by atoms with Crippen molar-refractivity contribution in [3.63, 3.8) is 0 Å². The predicted octanol–water partition coefficient (Wildman–Crippen LogP) is -0.254. The lowest BCUT2D eigenvalue weighted by Gasteiger charge is -2.10. The smallest absolute Gasteiger partial charge is 0.258 e. The summed E-state index contributed by atoms with van der Waals surface area (Å²) in [5.41, 5.74) is 3.34. The molecule has 2 aromatic rings. The second-order valence-electron chi connectivity index (χ2n) is 4.90. The van der Waals surface area contributed by atoms with Gasteiger partial charge in [0.1, 0.15) is 0 Å². The zero-order chi connectivity index (χ0) is 18.2. The minimum absolute atomic E-state index is 0.129. The van der Waals surface area contributed by atoms with Crippen molar-refractivity contribution < 1.29 is 14.3 Å². The van der Waals surface area contributed by atoms with E-state index in [-0.39, 0.29) is 17.6 Å². The molecule has 0 bridgehead atoms. The highest BCUT2D eigenvalue weighted by molar-refractivity contribution is 7.99. The number of hydrogen-bond donors (Lipinski definition) is 4. The van der Waals surface area contributed by atoms with Crippen LogP contribution in [0.4, 0.5) is 5.95 Å². The number of nitrogens with two attached hydrogens (primary N) is 2. The number of anilines is 1. The maximum atomic E-state index is 11.9. The minimum Gasteiger partial charge on any atom is -0.493 e. The molecule has 2 rings (SSSR count). The molecular formula is C14H21N7O3S. The first kappa shape index (κ1) is 18.7. The van der Waals surface area contributed by atoms with Crippen LogP contribution < -0.4 is 31.9 Å². The number of amides is 1. The van der Waals surface area contributed by atoms with Gasteiger partial charge in [0.25, 0.3) is 5.95 Å². The number of carbonyl (C=O) groups excluding carboxylic acids is 1. The lowest BCUT2D eigenvalue weighted by molar-refractivity contribution is -0.118. The molecule has 0 spiro atoms. The van der Waals surface area contributed by atoms with Crippen LogP contribution in [0.25, 0.3) is 0 Å². The molecule has 0 fully saturated rings. The number of hydrazine groups is 1. The molecule has 1 amide bonds. The van der Waals surface area contributed by atoms with Crippen LogP contribution in [-0.2, 0) is 11.2 Å². The Morgan fingerprint density at radius 2 is 2.04 bits per heavy atom. The summed E-state index contributed by atoms with van der Waals surface area (Å²) in [7, 11) is 3.17. The van der Waals surface area contributed by atoms with Gasteiger partial charge in [-0.15, -0.1) is 10.2 Å². The number of nitrogens with zero attached hydrogens (tertiary/aromatic N) is 3. The fourth-order valence-corrected chi connectivity index (χ4v) is 2.72. The first-order valence-corrected chi connectivity index (χ1v) is 8.35. The van der Waals surface area contributed by atoms with Gasteiger partial charge >= 0.3 is 0 Å². The molecule has 6 N–H and O–H groups in total. The van der Waals surface area contributed by atoms with Crippen LogP contribution in [0.2, 0.25) is 0 Å². The molecule has 11 heteroatoms. The Bertz CT molecular complexity index is 722. The molecule has 0 saturated heterocycles. The van der Waals surface area contributed by atoms with Crippen LogP contribution in [-0.4, -0.2) is 47.3 Å². The Hall–Kier alpha value is -2.66. The van der Waals surface area contributed by atoms with E-state index in [0.29, 0.717) is 29.6 Å². The highest BCUT2D eigenvalue weighted by atomic mass is 32.2. The normalized spacial score (nSPS) is 10.4. The van der Waals surface area contributed by atoms with Crippen molar-refractivity contribution in [3.8, 4) is 11.5 Å². The summed E-state index contributed by atoms with van der Waals surface area (Å²) in [6.07, 6.45) is 0.672. The zero-order valence-corrected chi connectivity index (χ0v) is 14.8. The van der Waals surface area contributed by atoms with E-state index >= 15 is 0 Å². The van der Waals surface area contributed by atoms with Gasteiger partial charge in [0.05, 0.1) is 20.0 Å². The van der Waals surface area contributed by atoms with Gasteiger partial charge in [0.2, 0.25) is 11.1 Å². The number of methoxy groups -OCH3 is 2. The number of benzene rings is 1. The molecule has 0 aliphatic carbocycles. The predicted molar refractivity (Wildman–Crippen MR) is 95.0 cm³/mol. The minimum atomic E-state index is -0.129. The largest absolute Gasteiger partial charge is 0.493 e. The Kier molecular flexibility index (Phi) is 6.71. The molecule has 136 valence electrons. The summed E-state index contributed by atoms with van der Waals surface area (Å²) in [6.45, 7) is 0.500. The molecule has 10 nitrogen and oxygen atoms in total. The number of hydrogen-bond acceptors (Lipinski definition) is 9. The van der Waals surface area contributed by atoms with Gasteiger partial charge in [-0.2, -0.15) is 0 Å². The topological polar surface area (TPSA) is 142 Å². The van der Waals surface area contributed by atoms with E-state index in [2.05, 4.69) is 20.9 Å². The number of thioether (sulfide) groups is 1. The van der Waals surface area contributed by atoms with Gasteiger partial charge in [-0.25, -0.2) is 10.5 Å². The Labute approximate surface area is 149 Å². The van der Waals surface area contributed by atoms with E-state index in [1.165, 1.54) is 16.4 Å². The van der Waals surface area contributed by atoms with Crippen molar-refractivity contribution in [1.82, 2.24) is 20.2 Å². The summed E-state index contributed by atoms with van der Waals surface area (Å²) in [5, 5.41) is 10.8. The SMILES string of the molecule is COc1ccc(CCNC(=O)CSc2nnc(NN)n2N)cc1OC. The third kappa shape index (κ3) is 4.90. The van der Waals surface area contributed by atoms with Crippen LogP contribution in [0.5, 0.6) is 11.5 Å². The van der Waals surface area contributed by atoms with Crippen LogP contribution in [0.1, 0.15) is 5.56 Å². The van der Waals surface area contributed by atoms with Gasteiger partial charge in [-0.3, -0.25) is 10.2 Å². The first-order valence-electron chi connectivity index (χ1n) is 7.36. The van der Waals surface area contributed by atoms with Crippen molar-refractivity contribution in [2.75, 3.05) is 37.8 Å². The lowest BCUT2D eigenvalue weighted by Crippen LogP contribution is -2.27. The van der Waals surface area contributed by atoms with E-state index in [0.717, 1.165) is 5.56 Å². The van der Waals surface area contributed by atoms with Gasteiger partial charge in [0.15, 0.2) is 11.5 Å². The molecular weight excluding hydrogens is 346 g/mol. The summed E-state index contributed by atoms with van der Waals surface area (Å²) in [5.74, 6) is 12.5. The average molecular weight is 367 g/mol. The highest BCUT2D eigenvalue weighted by Gasteiger charge is 2.11. The van der Waals surface area contributed by atoms with Crippen LogP contribution in [0.15, 0.2) is 23.4 Å². The number of ether oxygens (including phenoxy) is 2. The second-order valence-corrected chi connectivity index (χ2v) is 5.84. The monoisotopic (exact) mass is 367 g/mol. The standard InChI is InChI=1S/C14H21N7O3S/c1-23-10-4-3-9(7-11(10)24-2)5-6-17-12(22)8-25-14-20-19-13(18-15)21(14)16/h3-4,7H,5-6,8,15-16H2,1-2H3,(H,17,22)(H,18,19). The van der Waals surface area contributed by atoms with Gasteiger partial charge < -0.3 is 20.6 Å². The third-order valence-electron chi connectivity index (χ3n) is 3.31. The molecule has 1 aromatic carbocycles. The van der Waals surface area contributed by atoms with Gasteiger partial charge in [0, 0.05) is 6.54 Å². The number of rotatable bonds is 9. The zero-order valence-electron chi connectivity index (χ0n) is 14.0. The first-order chi connectivity index (χ1) is 12.1. The number of carbonyl (C=O) groups is 1. The fraction of sp³-hybridized carbons (Fsp3) is 0.357. The van der Waals surface area contributed by atoms with Crippen molar-refractivity contribution in [3.05, 3.63) is 23.8 Å². The van der Waals surface area contributed by atoms with Crippen LogP contribution in [0, 0.1) is 0 Å². The average Bonchev–Trinajstić information content (AvgIpc) is 2.99. The van der Waals surface area contributed by atoms with E-state index in [9.17, 15) is 4.79 Å². The van der Waals surface area contributed by atoms with Crippen molar-refractivity contribution >= 4 is 23.6 Å². The highest BCUT2D eigenvalue weighted by Crippen LogP contribution is 2.27. The van der Waals surface area contributed by atoms with Crippen LogP contribution in [0.3, 0.4) is 0 Å². The number of nitrogen functional groups attached to an aromatic ring is 2. The number of nitrogens with one attached hydrogen (secondary N) is 2. The molecule has 0 unspecified atom stereocenters. The third-order valence-corrected chi connectivity index (χ3v) is 4.25. The molecule has 0 atom stereocenters. The summed E-state index contributed by atoms with van der Waals surface area (Å²) < 4.78 is 11.6. The molecule has 1 aromatic heterocycles. The Morgan fingerprint density at radius 3 is 2.68 bits per heavy atom. The van der Waals surface area contributed by atoms with E-state index < -0.39 is 0 Å². The van der Waals surface area contributed by atoms with E-state index in [1.54, 1.807) is 14.2 Å². The van der Waals surface area contributed by atoms with Crippen molar-refractivity contribution in [1.29, 1.82) is 0 Å². The summed E-state index contributed by atoms with van der Waals surface area (Å²) in [6, 6.07) is 5.65. The molecule has 0 aliphatic heterocycles. The molecule has 0 radical (unpaired) electrons. The van der Waals surface area contributed by atoms with Crippen LogP contribution >= 0.6 is 11.8 Å². The van der Waals surface area contributed by atoms with Gasteiger partial charge in [-0.05, 0) is 24.1 Å². The fourth-order valence-electron chi connectivity index (χ4n) is 2.04. The second kappa shape index (κ2) is 8.99. The van der Waals surface area contributed by atoms with E-state index in [1.807, 2.05) is 18.2 Å². The Balaban J connectivity index is 1.77. The summed E-state index contributed by atoms with van der Waals surface area (Å²) >= 11 is 1.17. The van der Waals surface area contributed by atoms with Crippen molar-refractivity contribution in [2.24, 2.45) is 5.84 Å². The van der Waals surface area contributed by atoms with Gasteiger partial charge in [-0.1, -0.05) is 17.8 Å².